The number of nitrogens with zero attached hydrogens (tertiary/aromatic N) is 1. The SMILES string of the molecule is CCCc1ccc(-c2ccccc2)cc1.Cc1ccc(-c2ccc(-c3ccc4c(c3)c3ccccc3n4C)cc2)cc1.Cc1ccc2c(c1)C(C)(C)c1ccc3ccccc3c1-2.c1ccccc1. The third kappa shape index (κ3) is 9.71. The number of rotatable bonds is 5. The van der Waals surface area contributed by atoms with Crippen LogP contribution in [0.15, 0.2) is 237 Å². The second-order valence-corrected chi connectivity index (χ2v) is 18.6. The molecule has 0 N–H and O–H groups in total. The van der Waals surface area contributed by atoms with Gasteiger partial charge in [0.05, 0.1) is 0 Å². The minimum absolute atomic E-state index is 0.0979. The van der Waals surface area contributed by atoms with Crippen LogP contribution >= 0.6 is 0 Å². The Kier molecular flexibility index (Phi) is 13.6. The molecule has 11 aromatic rings. The molecule has 0 aliphatic heterocycles. The van der Waals surface area contributed by atoms with Crippen LogP contribution in [0.2, 0.25) is 0 Å². The Morgan fingerprint density at radius 3 is 1.51 bits per heavy atom. The fourth-order valence-electron chi connectivity index (χ4n) is 9.74. The first-order chi connectivity index (χ1) is 33.2. The Bertz CT molecular complexity index is 3380. The lowest BCUT2D eigenvalue weighted by molar-refractivity contribution is 0.660. The summed E-state index contributed by atoms with van der Waals surface area (Å²) in [4.78, 5) is 0. The van der Waals surface area contributed by atoms with E-state index in [1.807, 2.05) is 36.4 Å². The van der Waals surface area contributed by atoms with E-state index in [1.165, 1.54) is 118 Å². The van der Waals surface area contributed by atoms with Crippen LogP contribution in [0.3, 0.4) is 0 Å². The van der Waals surface area contributed by atoms with Crippen LogP contribution in [0.1, 0.15) is 55.0 Å². The van der Waals surface area contributed by atoms with Crippen molar-refractivity contribution < 1.29 is 0 Å². The van der Waals surface area contributed by atoms with Crippen molar-refractivity contribution in [1.29, 1.82) is 0 Å². The molecule has 1 heteroatoms. The minimum Gasteiger partial charge on any atom is -0.344 e. The zero-order valence-electron chi connectivity index (χ0n) is 40.4. The van der Waals surface area contributed by atoms with Gasteiger partial charge in [0.1, 0.15) is 0 Å². The Morgan fingerprint density at radius 2 is 0.868 bits per heavy atom. The second-order valence-electron chi connectivity index (χ2n) is 18.6. The molecule has 1 aliphatic rings. The van der Waals surface area contributed by atoms with E-state index in [4.69, 9.17) is 0 Å². The van der Waals surface area contributed by atoms with E-state index in [-0.39, 0.29) is 5.41 Å². The van der Waals surface area contributed by atoms with Crippen molar-refractivity contribution >= 4 is 32.6 Å². The highest BCUT2D eigenvalue weighted by Crippen LogP contribution is 2.51. The van der Waals surface area contributed by atoms with Crippen LogP contribution in [0.4, 0.5) is 0 Å². The van der Waals surface area contributed by atoms with Gasteiger partial charge in [0.25, 0.3) is 0 Å². The van der Waals surface area contributed by atoms with Gasteiger partial charge in [-0.1, -0.05) is 257 Å². The first-order valence-electron chi connectivity index (χ1n) is 24.1. The molecule has 0 saturated carbocycles. The number of aromatic nitrogens is 1. The Hall–Kier alpha value is -7.74. The molecule has 0 amide bonds. The maximum Gasteiger partial charge on any atom is 0.0489 e. The zero-order chi connectivity index (χ0) is 47.0. The molecule has 0 radical (unpaired) electrons. The number of hydrogen-bond donors (Lipinski definition) is 0. The molecule has 1 aliphatic carbocycles. The largest absolute Gasteiger partial charge is 0.344 e. The molecule has 68 heavy (non-hydrogen) atoms. The van der Waals surface area contributed by atoms with Crippen LogP contribution in [0.25, 0.3) is 77.1 Å². The quantitative estimate of drug-likeness (QED) is 0.162. The maximum atomic E-state index is 2.35. The monoisotopic (exact) mass is 879 g/mol. The lowest BCUT2D eigenvalue weighted by Crippen LogP contribution is -2.15. The van der Waals surface area contributed by atoms with Gasteiger partial charge in [-0.2, -0.15) is 0 Å². The van der Waals surface area contributed by atoms with E-state index in [9.17, 15) is 0 Å². The normalized spacial score (nSPS) is 11.9. The van der Waals surface area contributed by atoms with Gasteiger partial charge in [0.15, 0.2) is 0 Å². The zero-order valence-corrected chi connectivity index (χ0v) is 40.4. The molecule has 12 rings (SSSR count). The Morgan fingerprint density at radius 1 is 0.382 bits per heavy atom. The van der Waals surface area contributed by atoms with Crippen molar-refractivity contribution in [3.8, 4) is 44.5 Å². The highest BCUT2D eigenvalue weighted by Gasteiger charge is 2.36. The molecule has 0 atom stereocenters. The average molecular weight is 880 g/mol. The topological polar surface area (TPSA) is 4.93 Å². The van der Waals surface area contributed by atoms with Gasteiger partial charge in [-0.05, 0) is 110 Å². The van der Waals surface area contributed by atoms with Crippen molar-refractivity contribution in [2.75, 3.05) is 0 Å². The fraction of sp³-hybridized carbons (Fsp3) is 0.134. The fourth-order valence-corrected chi connectivity index (χ4v) is 9.74. The summed E-state index contributed by atoms with van der Waals surface area (Å²) >= 11 is 0. The Labute approximate surface area is 404 Å². The molecule has 334 valence electrons. The lowest BCUT2D eigenvalue weighted by atomic mass is 9.81. The Balaban J connectivity index is 0.000000124. The molecule has 0 saturated heterocycles. The van der Waals surface area contributed by atoms with Crippen LogP contribution in [-0.4, -0.2) is 4.57 Å². The van der Waals surface area contributed by atoms with Crippen LogP contribution in [-0.2, 0) is 18.9 Å². The second kappa shape index (κ2) is 20.4. The van der Waals surface area contributed by atoms with Crippen molar-refractivity contribution in [1.82, 2.24) is 4.57 Å². The summed E-state index contributed by atoms with van der Waals surface area (Å²) in [6, 6.07) is 84.5. The van der Waals surface area contributed by atoms with Gasteiger partial charge < -0.3 is 4.57 Å². The van der Waals surface area contributed by atoms with Gasteiger partial charge >= 0.3 is 0 Å². The summed E-state index contributed by atoms with van der Waals surface area (Å²) < 4.78 is 2.27. The van der Waals surface area contributed by atoms with E-state index in [0.717, 1.165) is 0 Å². The predicted octanol–water partition coefficient (Wildman–Crippen LogP) is 18.4. The molecule has 10 aromatic carbocycles. The van der Waals surface area contributed by atoms with E-state index >= 15 is 0 Å². The first kappa shape index (κ1) is 45.4. The van der Waals surface area contributed by atoms with Gasteiger partial charge in [-0.15, -0.1) is 0 Å². The highest BCUT2D eigenvalue weighted by atomic mass is 14.9. The molecule has 0 fully saturated rings. The molecule has 0 spiro atoms. The third-order valence-electron chi connectivity index (χ3n) is 13.5. The van der Waals surface area contributed by atoms with Gasteiger partial charge in [-0.25, -0.2) is 0 Å². The maximum absolute atomic E-state index is 2.35. The number of aryl methyl sites for hydroxylation is 4. The first-order valence-corrected chi connectivity index (χ1v) is 24.1. The molecule has 0 unspecified atom stereocenters. The molecule has 1 aromatic heterocycles. The summed E-state index contributed by atoms with van der Waals surface area (Å²) in [6.45, 7) is 11.2. The summed E-state index contributed by atoms with van der Waals surface area (Å²) in [7, 11) is 2.14. The van der Waals surface area contributed by atoms with E-state index in [1.54, 1.807) is 0 Å². The number of benzene rings is 10. The number of para-hydroxylation sites is 1. The van der Waals surface area contributed by atoms with Crippen molar-refractivity contribution in [3.05, 3.63) is 264 Å². The third-order valence-corrected chi connectivity index (χ3v) is 13.5. The number of hydrogen-bond acceptors (Lipinski definition) is 0. The van der Waals surface area contributed by atoms with Crippen LogP contribution < -0.4 is 0 Å². The average Bonchev–Trinajstić information content (AvgIpc) is 3.81. The van der Waals surface area contributed by atoms with Crippen LogP contribution in [0.5, 0.6) is 0 Å². The van der Waals surface area contributed by atoms with Crippen LogP contribution in [0, 0.1) is 13.8 Å². The van der Waals surface area contributed by atoms with Crippen molar-refractivity contribution in [2.45, 2.75) is 52.9 Å². The summed E-state index contributed by atoms with van der Waals surface area (Å²) in [6.07, 6.45) is 2.39. The molecular weight excluding hydrogens is 819 g/mol. The highest BCUT2D eigenvalue weighted by molar-refractivity contribution is 6.09. The van der Waals surface area contributed by atoms with E-state index in [2.05, 4.69) is 246 Å². The summed E-state index contributed by atoms with van der Waals surface area (Å²) in [5, 5.41) is 5.33. The van der Waals surface area contributed by atoms with E-state index < -0.39 is 0 Å². The standard InChI is InChI=1S/C26H21N.C20H18.C15H16.C6H6/c1-18-7-9-19(10-8-18)20-11-13-21(14-12-20)22-15-16-26-24(17-22)23-5-3-4-6-25(23)27(26)2;1-13-8-10-16-18(12-13)20(2,3)17-11-9-14-6-4-5-7-15(14)19(16)17;1-2-6-13-9-11-15(12-10-13)14-7-4-3-5-8-14;1-2-4-6-5-3-1/h3-17H,1-2H3;4-12H,1-3H3;3-5,7-12H,2,6H2,1H3;1-6H. The van der Waals surface area contributed by atoms with Gasteiger partial charge in [0, 0.05) is 34.3 Å². The van der Waals surface area contributed by atoms with Crippen molar-refractivity contribution in [2.24, 2.45) is 7.05 Å². The number of fused-ring (bicyclic) bond motifs is 8. The lowest BCUT2D eigenvalue weighted by Gasteiger charge is -2.21. The van der Waals surface area contributed by atoms with Crippen molar-refractivity contribution in [3.63, 3.8) is 0 Å². The molecule has 1 nitrogen and oxygen atoms in total. The summed E-state index contributed by atoms with van der Waals surface area (Å²) in [5.74, 6) is 0. The minimum atomic E-state index is 0.0979. The predicted molar refractivity (Wildman–Crippen MR) is 295 cm³/mol. The van der Waals surface area contributed by atoms with E-state index in [0.29, 0.717) is 0 Å². The summed E-state index contributed by atoms with van der Waals surface area (Å²) in [5.41, 5.74) is 20.1. The van der Waals surface area contributed by atoms with Gasteiger partial charge in [-0.3, -0.25) is 0 Å². The smallest absolute Gasteiger partial charge is 0.0489 e. The molecule has 1 heterocycles. The molecule has 0 bridgehead atoms. The van der Waals surface area contributed by atoms with Gasteiger partial charge in [0.2, 0.25) is 0 Å². The molecular formula is C67H61N.